The van der Waals surface area contributed by atoms with Crippen LogP contribution in [0.1, 0.15) is 10.4 Å². The predicted octanol–water partition coefficient (Wildman–Crippen LogP) is 2.33. The molecule has 0 aliphatic heterocycles. The van der Waals surface area contributed by atoms with E-state index < -0.39 is 0 Å². The van der Waals surface area contributed by atoms with Crippen LogP contribution in [0.15, 0.2) is 48.5 Å². The highest BCUT2D eigenvalue weighted by molar-refractivity contribution is 6.05. The fourth-order valence-electron chi connectivity index (χ4n) is 2.37. The Balaban J connectivity index is 2.11. The van der Waals surface area contributed by atoms with E-state index in [-0.39, 0.29) is 5.91 Å². The normalized spacial score (nSPS) is 10.5. The first-order valence-corrected chi connectivity index (χ1v) is 7.00. The Morgan fingerprint density at radius 2 is 1.87 bits per heavy atom. The summed E-state index contributed by atoms with van der Waals surface area (Å²) < 4.78 is 6.41. The molecule has 6 nitrogen and oxygen atoms in total. The van der Waals surface area contributed by atoms with Crippen LogP contribution in [0.3, 0.4) is 0 Å². The third-order valence-corrected chi connectivity index (χ3v) is 3.59. The lowest BCUT2D eigenvalue weighted by Gasteiger charge is -2.06. The number of anilines is 1. The van der Waals surface area contributed by atoms with Gasteiger partial charge in [0.2, 0.25) is 6.41 Å². The standard InChI is InChI=1S/C17H15N3O3/c1-19(11-21)16-14-5-3-4-6-15(14)20(18-16)17(22)12-7-9-13(23-2)10-8-12/h3-11H,1-2H3. The molecule has 0 aliphatic carbocycles. The Morgan fingerprint density at radius 3 is 2.52 bits per heavy atom. The van der Waals surface area contributed by atoms with E-state index in [0.29, 0.717) is 29.1 Å². The van der Waals surface area contributed by atoms with E-state index in [4.69, 9.17) is 4.74 Å². The molecule has 0 aliphatic rings. The van der Waals surface area contributed by atoms with Gasteiger partial charge in [-0.3, -0.25) is 9.59 Å². The van der Waals surface area contributed by atoms with Crippen LogP contribution in [-0.4, -0.2) is 36.3 Å². The maximum absolute atomic E-state index is 12.7. The molecule has 0 fully saturated rings. The quantitative estimate of drug-likeness (QED) is 0.694. The molecule has 1 heterocycles. The molecule has 1 amide bonds. The van der Waals surface area contributed by atoms with Crippen LogP contribution in [0.5, 0.6) is 5.75 Å². The number of benzene rings is 2. The number of aromatic nitrogens is 2. The molecule has 1 aromatic heterocycles. The number of nitrogens with zero attached hydrogens (tertiary/aromatic N) is 3. The van der Waals surface area contributed by atoms with E-state index in [0.717, 1.165) is 5.39 Å². The smallest absolute Gasteiger partial charge is 0.278 e. The second-order valence-corrected chi connectivity index (χ2v) is 5.00. The fourth-order valence-corrected chi connectivity index (χ4v) is 2.37. The van der Waals surface area contributed by atoms with Crippen LogP contribution in [0.2, 0.25) is 0 Å². The van der Waals surface area contributed by atoms with Gasteiger partial charge in [-0.2, -0.15) is 4.68 Å². The molecule has 0 unspecified atom stereocenters. The van der Waals surface area contributed by atoms with Crippen LogP contribution in [0, 0.1) is 0 Å². The zero-order valence-electron chi connectivity index (χ0n) is 12.8. The first kappa shape index (κ1) is 14.8. The summed E-state index contributed by atoms with van der Waals surface area (Å²) in [4.78, 5) is 25.1. The SMILES string of the molecule is COc1ccc(C(=O)n2nc(N(C)C=O)c3ccccc32)cc1. The molecule has 3 rings (SSSR count). The van der Waals surface area contributed by atoms with Crippen molar-refractivity contribution in [3.63, 3.8) is 0 Å². The summed E-state index contributed by atoms with van der Waals surface area (Å²) in [5, 5.41) is 5.05. The average molecular weight is 309 g/mol. The van der Waals surface area contributed by atoms with Gasteiger partial charge in [-0.1, -0.05) is 12.1 Å². The van der Waals surface area contributed by atoms with E-state index >= 15 is 0 Å². The van der Waals surface area contributed by atoms with Crippen LogP contribution in [0.25, 0.3) is 10.9 Å². The number of rotatable bonds is 4. The van der Waals surface area contributed by atoms with Gasteiger partial charge in [0, 0.05) is 18.0 Å². The Morgan fingerprint density at radius 1 is 1.17 bits per heavy atom. The van der Waals surface area contributed by atoms with Crippen molar-refractivity contribution in [2.45, 2.75) is 0 Å². The first-order valence-electron chi connectivity index (χ1n) is 7.00. The molecule has 116 valence electrons. The molecule has 0 saturated carbocycles. The van der Waals surface area contributed by atoms with Gasteiger partial charge in [-0.15, -0.1) is 5.10 Å². The summed E-state index contributed by atoms with van der Waals surface area (Å²) in [6, 6.07) is 14.1. The number of carbonyl (C=O) groups excluding carboxylic acids is 2. The summed E-state index contributed by atoms with van der Waals surface area (Å²) in [6.45, 7) is 0. The second-order valence-electron chi connectivity index (χ2n) is 5.00. The second kappa shape index (κ2) is 5.92. The number of amides is 1. The highest BCUT2D eigenvalue weighted by atomic mass is 16.5. The molecule has 0 atom stereocenters. The molecular formula is C17H15N3O3. The molecule has 0 saturated heterocycles. The van der Waals surface area contributed by atoms with Gasteiger partial charge in [0.05, 0.1) is 12.6 Å². The maximum Gasteiger partial charge on any atom is 0.278 e. The van der Waals surface area contributed by atoms with E-state index in [2.05, 4.69) is 5.10 Å². The van der Waals surface area contributed by atoms with Crippen LogP contribution >= 0.6 is 0 Å². The summed E-state index contributed by atoms with van der Waals surface area (Å²) in [5.74, 6) is 0.847. The van der Waals surface area contributed by atoms with Crippen LogP contribution < -0.4 is 9.64 Å². The molecule has 6 heteroatoms. The lowest BCUT2D eigenvalue weighted by atomic mass is 10.2. The van der Waals surface area contributed by atoms with Crippen molar-refractivity contribution < 1.29 is 14.3 Å². The van der Waals surface area contributed by atoms with Crippen LogP contribution in [-0.2, 0) is 4.79 Å². The average Bonchev–Trinajstić information content (AvgIpc) is 3.00. The summed E-state index contributed by atoms with van der Waals surface area (Å²) >= 11 is 0. The number of hydrogen-bond acceptors (Lipinski definition) is 4. The van der Waals surface area contributed by atoms with Crippen molar-refractivity contribution in [1.29, 1.82) is 0 Å². The molecule has 23 heavy (non-hydrogen) atoms. The van der Waals surface area contributed by atoms with Gasteiger partial charge >= 0.3 is 0 Å². The third-order valence-electron chi connectivity index (χ3n) is 3.59. The van der Waals surface area contributed by atoms with Gasteiger partial charge < -0.3 is 9.64 Å². The van der Waals surface area contributed by atoms with E-state index in [1.165, 1.54) is 9.58 Å². The summed E-state index contributed by atoms with van der Waals surface area (Å²) in [5.41, 5.74) is 1.14. The van der Waals surface area contributed by atoms with Crippen molar-refractivity contribution in [3.8, 4) is 5.75 Å². The highest BCUT2D eigenvalue weighted by Gasteiger charge is 2.18. The number of methoxy groups -OCH3 is 1. The summed E-state index contributed by atoms with van der Waals surface area (Å²) in [6.07, 6.45) is 0.664. The number of ether oxygens (including phenoxy) is 1. The minimum absolute atomic E-state index is 0.269. The van der Waals surface area contributed by atoms with Crippen molar-refractivity contribution in [2.75, 3.05) is 19.1 Å². The highest BCUT2D eigenvalue weighted by Crippen LogP contribution is 2.25. The number of hydrogen-bond donors (Lipinski definition) is 0. The topological polar surface area (TPSA) is 64.4 Å². The number of carbonyl (C=O) groups is 2. The number of para-hydroxylation sites is 1. The molecule has 2 aromatic carbocycles. The van der Waals surface area contributed by atoms with Gasteiger partial charge in [-0.05, 0) is 36.4 Å². The molecule has 0 radical (unpaired) electrons. The molecule has 0 spiro atoms. The molecule has 0 N–H and O–H groups in total. The lowest BCUT2D eigenvalue weighted by Crippen LogP contribution is -2.17. The Labute approximate surface area is 132 Å². The molecule has 0 bridgehead atoms. The van der Waals surface area contributed by atoms with Gasteiger partial charge in [0.15, 0.2) is 5.82 Å². The first-order chi connectivity index (χ1) is 11.2. The van der Waals surface area contributed by atoms with Crippen LogP contribution in [0.4, 0.5) is 5.82 Å². The van der Waals surface area contributed by atoms with Crippen molar-refractivity contribution in [1.82, 2.24) is 9.78 Å². The van der Waals surface area contributed by atoms with Crippen molar-refractivity contribution in [2.24, 2.45) is 0 Å². The lowest BCUT2D eigenvalue weighted by molar-refractivity contribution is -0.107. The predicted molar refractivity (Wildman–Crippen MR) is 86.9 cm³/mol. The number of fused-ring (bicyclic) bond motifs is 1. The van der Waals surface area contributed by atoms with Gasteiger partial charge in [0.25, 0.3) is 5.91 Å². The molecule has 3 aromatic rings. The van der Waals surface area contributed by atoms with Crippen molar-refractivity contribution in [3.05, 3.63) is 54.1 Å². The largest absolute Gasteiger partial charge is 0.497 e. The Kier molecular flexibility index (Phi) is 3.80. The van der Waals surface area contributed by atoms with E-state index in [1.807, 2.05) is 18.2 Å². The molecular weight excluding hydrogens is 294 g/mol. The monoisotopic (exact) mass is 309 g/mol. The van der Waals surface area contributed by atoms with Gasteiger partial charge in [-0.25, -0.2) is 0 Å². The third kappa shape index (κ3) is 2.55. The zero-order valence-corrected chi connectivity index (χ0v) is 12.8. The van der Waals surface area contributed by atoms with Gasteiger partial charge in [0.1, 0.15) is 5.75 Å². The minimum atomic E-state index is -0.269. The van der Waals surface area contributed by atoms with Crippen molar-refractivity contribution >= 4 is 29.0 Å². The van der Waals surface area contributed by atoms with E-state index in [9.17, 15) is 9.59 Å². The maximum atomic E-state index is 12.7. The zero-order chi connectivity index (χ0) is 16.4. The Bertz CT molecular complexity index is 868. The summed E-state index contributed by atoms with van der Waals surface area (Å²) in [7, 11) is 3.17. The fraction of sp³-hybridized carbons (Fsp3) is 0.118. The van der Waals surface area contributed by atoms with E-state index in [1.54, 1.807) is 44.5 Å². The minimum Gasteiger partial charge on any atom is -0.497 e. The Hall–Kier alpha value is -3.15.